The third-order valence-electron chi connectivity index (χ3n) is 3.22. The molecule has 0 aromatic heterocycles. The van der Waals surface area contributed by atoms with Gasteiger partial charge < -0.3 is 9.30 Å². The van der Waals surface area contributed by atoms with Crippen LogP contribution in [-0.4, -0.2) is 26.0 Å². The standard InChI is InChI=1S/C14H26ClO2P/c1-8-18(16,9-2)12(10-17-7)13(15)11(3)14(4,5)6/h3,8-10H2,1-2,4-7H3/b13-12-. The largest absolute Gasteiger partial charge is 0.380 e. The SMILES string of the molecule is C=C(/C(Cl)=C(\COC)P(=O)(CC)CC)C(C)(C)C. The number of hydrogen-bond acceptors (Lipinski definition) is 2. The predicted molar refractivity (Wildman–Crippen MR) is 82.0 cm³/mol. The molecule has 0 aromatic carbocycles. The Morgan fingerprint density at radius 1 is 1.28 bits per heavy atom. The summed E-state index contributed by atoms with van der Waals surface area (Å²) in [7, 11) is -0.829. The van der Waals surface area contributed by atoms with E-state index in [-0.39, 0.29) is 5.41 Å². The second kappa shape index (κ2) is 6.93. The number of methoxy groups -OCH3 is 1. The van der Waals surface area contributed by atoms with E-state index in [2.05, 4.69) is 6.58 Å². The van der Waals surface area contributed by atoms with Crippen LogP contribution in [0.25, 0.3) is 0 Å². The van der Waals surface area contributed by atoms with E-state index in [1.165, 1.54) is 0 Å². The molecule has 0 saturated carbocycles. The second-order valence-corrected chi connectivity index (χ2v) is 9.41. The molecule has 0 aliphatic carbocycles. The Morgan fingerprint density at radius 2 is 1.72 bits per heavy atom. The minimum atomic E-state index is -2.43. The molecule has 0 bridgehead atoms. The van der Waals surface area contributed by atoms with Gasteiger partial charge >= 0.3 is 0 Å². The molecule has 0 amide bonds. The van der Waals surface area contributed by atoms with Crippen LogP contribution < -0.4 is 0 Å². The molecule has 0 rings (SSSR count). The zero-order valence-electron chi connectivity index (χ0n) is 12.5. The van der Waals surface area contributed by atoms with Crippen molar-refractivity contribution in [2.75, 3.05) is 26.0 Å². The average molecular weight is 293 g/mol. The van der Waals surface area contributed by atoms with Gasteiger partial charge in [-0.25, -0.2) is 0 Å². The molecule has 0 aliphatic heterocycles. The molecule has 106 valence electrons. The zero-order valence-corrected chi connectivity index (χ0v) is 14.1. The maximum atomic E-state index is 12.9. The molecule has 0 atom stereocenters. The van der Waals surface area contributed by atoms with Crippen molar-refractivity contribution in [3.8, 4) is 0 Å². The van der Waals surface area contributed by atoms with E-state index in [4.69, 9.17) is 16.3 Å². The predicted octanol–water partition coefficient (Wildman–Crippen LogP) is 5.09. The van der Waals surface area contributed by atoms with Crippen LogP contribution in [0.5, 0.6) is 0 Å². The van der Waals surface area contributed by atoms with Crippen LogP contribution in [0.3, 0.4) is 0 Å². The lowest BCUT2D eigenvalue weighted by Crippen LogP contribution is -2.12. The van der Waals surface area contributed by atoms with Gasteiger partial charge in [-0.3, -0.25) is 0 Å². The molecule has 18 heavy (non-hydrogen) atoms. The fourth-order valence-electron chi connectivity index (χ4n) is 1.61. The van der Waals surface area contributed by atoms with Crippen LogP contribution in [-0.2, 0) is 9.30 Å². The van der Waals surface area contributed by atoms with Gasteiger partial charge in [-0.1, -0.05) is 52.8 Å². The van der Waals surface area contributed by atoms with Crippen LogP contribution in [0.15, 0.2) is 22.5 Å². The summed E-state index contributed by atoms with van der Waals surface area (Å²) >= 11 is 6.43. The highest BCUT2D eigenvalue weighted by atomic mass is 35.5. The smallest absolute Gasteiger partial charge is 0.115 e. The van der Waals surface area contributed by atoms with Gasteiger partial charge in [-0.15, -0.1) is 0 Å². The number of hydrogen-bond donors (Lipinski definition) is 0. The molecule has 0 aromatic rings. The molecule has 0 N–H and O–H groups in total. The van der Waals surface area contributed by atoms with Crippen LogP contribution in [0.1, 0.15) is 34.6 Å². The van der Waals surface area contributed by atoms with E-state index < -0.39 is 7.14 Å². The monoisotopic (exact) mass is 292 g/mol. The lowest BCUT2D eigenvalue weighted by atomic mass is 9.87. The van der Waals surface area contributed by atoms with E-state index >= 15 is 0 Å². The van der Waals surface area contributed by atoms with E-state index in [0.717, 1.165) is 10.9 Å². The van der Waals surface area contributed by atoms with Crippen LogP contribution in [0.2, 0.25) is 0 Å². The Kier molecular flexibility index (Phi) is 6.92. The van der Waals surface area contributed by atoms with E-state index in [1.807, 2.05) is 34.6 Å². The summed E-state index contributed by atoms with van der Waals surface area (Å²) in [5.74, 6) is 0. The Bertz CT molecular complexity index is 370. The van der Waals surface area contributed by atoms with E-state index in [9.17, 15) is 4.57 Å². The molecule has 0 unspecified atom stereocenters. The maximum absolute atomic E-state index is 12.9. The fourth-order valence-corrected chi connectivity index (χ4v) is 4.47. The average Bonchev–Trinajstić information content (AvgIpc) is 2.32. The van der Waals surface area contributed by atoms with Crippen LogP contribution in [0.4, 0.5) is 0 Å². The van der Waals surface area contributed by atoms with Gasteiger partial charge in [0.15, 0.2) is 0 Å². The molecular weight excluding hydrogens is 267 g/mol. The van der Waals surface area contributed by atoms with Gasteiger partial charge in [0.05, 0.1) is 11.6 Å². The molecule has 0 radical (unpaired) electrons. The highest BCUT2D eigenvalue weighted by Crippen LogP contribution is 2.56. The fraction of sp³-hybridized carbons (Fsp3) is 0.714. The normalized spacial score (nSPS) is 14.4. The molecule has 2 nitrogen and oxygen atoms in total. The number of rotatable bonds is 6. The minimum Gasteiger partial charge on any atom is -0.380 e. The lowest BCUT2D eigenvalue weighted by molar-refractivity contribution is 0.230. The van der Waals surface area contributed by atoms with Gasteiger partial charge in [0.1, 0.15) is 7.14 Å². The summed E-state index contributed by atoms with van der Waals surface area (Å²) in [6.07, 6.45) is 1.21. The minimum absolute atomic E-state index is 0.137. The van der Waals surface area contributed by atoms with Crippen molar-refractivity contribution in [2.45, 2.75) is 34.6 Å². The molecule has 0 spiro atoms. The Morgan fingerprint density at radius 3 is 2.00 bits per heavy atom. The second-order valence-electron chi connectivity index (χ2n) is 5.44. The highest BCUT2D eigenvalue weighted by molar-refractivity contribution is 7.68. The van der Waals surface area contributed by atoms with Crippen molar-refractivity contribution >= 4 is 18.7 Å². The molecule has 0 aliphatic rings. The summed E-state index contributed by atoms with van der Waals surface area (Å²) in [5, 5.41) is 1.27. The van der Waals surface area contributed by atoms with Crippen molar-refractivity contribution in [3.63, 3.8) is 0 Å². The third kappa shape index (κ3) is 4.26. The van der Waals surface area contributed by atoms with Crippen molar-refractivity contribution in [3.05, 3.63) is 22.5 Å². The first-order chi connectivity index (χ1) is 8.14. The van der Waals surface area contributed by atoms with E-state index in [0.29, 0.717) is 24.0 Å². The van der Waals surface area contributed by atoms with Crippen molar-refractivity contribution in [2.24, 2.45) is 5.41 Å². The Labute approximate surface area is 117 Å². The quantitative estimate of drug-likeness (QED) is 0.503. The Balaban J connectivity index is 5.73. The van der Waals surface area contributed by atoms with Crippen LogP contribution >= 0.6 is 18.7 Å². The van der Waals surface area contributed by atoms with Gasteiger partial charge in [0.25, 0.3) is 0 Å². The first-order valence-electron chi connectivity index (χ1n) is 6.30. The van der Waals surface area contributed by atoms with Gasteiger partial charge in [-0.05, 0) is 11.0 Å². The summed E-state index contributed by atoms with van der Waals surface area (Å²) in [6, 6.07) is 0. The maximum Gasteiger partial charge on any atom is 0.115 e. The highest BCUT2D eigenvalue weighted by Gasteiger charge is 2.29. The molecular formula is C14H26ClO2P. The van der Waals surface area contributed by atoms with Gasteiger partial charge in [0.2, 0.25) is 0 Å². The number of halogens is 1. The first-order valence-corrected chi connectivity index (χ1v) is 8.75. The zero-order chi connectivity index (χ0) is 14.6. The molecule has 4 heteroatoms. The number of ether oxygens (including phenoxy) is 1. The molecule has 0 heterocycles. The summed E-state index contributed by atoms with van der Waals surface area (Å²) in [6.45, 7) is 14.4. The topological polar surface area (TPSA) is 26.3 Å². The van der Waals surface area contributed by atoms with Crippen LogP contribution in [0, 0.1) is 5.41 Å². The van der Waals surface area contributed by atoms with Crippen molar-refractivity contribution in [1.82, 2.24) is 0 Å². The lowest BCUT2D eigenvalue weighted by Gasteiger charge is -2.26. The van der Waals surface area contributed by atoms with Gasteiger partial charge in [0, 0.05) is 24.7 Å². The summed E-state index contributed by atoms with van der Waals surface area (Å²) in [5.41, 5.74) is 0.681. The third-order valence-corrected chi connectivity index (χ3v) is 7.19. The molecule has 0 fully saturated rings. The van der Waals surface area contributed by atoms with Crippen molar-refractivity contribution < 1.29 is 9.30 Å². The Hall–Kier alpha value is -0.0400. The number of allylic oxidation sites excluding steroid dienone is 2. The molecule has 0 saturated heterocycles. The first kappa shape index (κ1) is 18.0. The van der Waals surface area contributed by atoms with E-state index in [1.54, 1.807) is 7.11 Å². The summed E-state index contributed by atoms with van der Waals surface area (Å²) < 4.78 is 18.0. The van der Waals surface area contributed by atoms with Crippen molar-refractivity contribution in [1.29, 1.82) is 0 Å². The van der Waals surface area contributed by atoms with Gasteiger partial charge in [-0.2, -0.15) is 0 Å². The summed E-state index contributed by atoms with van der Waals surface area (Å²) in [4.78, 5) is 0.